The van der Waals surface area contributed by atoms with Gasteiger partial charge in [0.2, 0.25) is 0 Å². The van der Waals surface area contributed by atoms with Crippen LogP contribution in [0.15, 0.2) is 22.8 Å². The van der Waals surface area contributed by atoms with Crippen LogP contribution in [0, 0.1) is 11.8 Å². The van der Waals surface area contributed by atoms with Crippen LogP contribution in [0.3, 0.4) is 0 Å². The number of hydrogen-bond acceptors (Lipinski definition) is 2. The summed E-state index contributed by atoms with van der Waals surface area (Å²) in [6.45, 7) is 2.32. The standard InChI is InChI=1S/C15H23BrN2/c1-3-11-7-4-5-8-12(11)14(17-2)15-13(16)9-6-10-18-15/h6,9-12,14,17H,3-5,7-8H2,1-2H3. The van der Waals surface area contributed by atoms with Crippen molar-refractivity contribution in [2.75, 3.05) is 7.05 Å². The van der Waals surface area contributed by atoms with Crippen LogP contribution in [-0.4, -0.2) is 12.0 Å². The summed E-state index contributed by atoms with van der Waals surface area (Å²) in [4.78, 5) is 4.58. The average molecular weight is 311 g/mol. The second-order valence-corrected chi connectivity index (χ2v) is 6.11. The number of halogens is 1. The predicted octanol–water partition coefficient (Wildman–Crippen LogP) is 4.32. The highest BCUT2D eigenvalue weighted by atomic mass is 79.9. The molecule has 100 valence electrons. The molecule has 2 nitrogen and oxygen atoms in total. The molecule has 1 N–H and O–H groups in total. The van der Waals surface area contributed by atoms with E-state index in [1.165, 1.54) is 37.8 Å². The van der Waals surface area contributed by atoms with Gasteiger partial charge in [0.05, 0.1) is 11.7 Å². The van der Waals surface area contributed by atoms with Crippen molar-refractivity contribution in [2.45, 2.75) is 45.1 Å². The molecule has 0 aliphatic heterocycles. The van der Waals surface area contributed by atoms with Gasteiger partial charge in [-0.1, -0.05) is 32.6 Å². The first-order valence-electron chi connectivity index (χ1n) is 7.05. The lowest BCUT2D eigenvalue weighted by atomic mass is 9.73. The fraction of sp³-hybridized carbons (Fsp3) is 0.667. The van der Waals surface area contributed by atoms with Crippen LogP contribution in [0.25, 0.3) is 0 Å². The number of rotatable bonds is 4. The van der Waals surface area contributed by atoms with Crippen molar-refractivity contribution >= 4 is 15.9 Å². The molecule has 0 spiro atoms. The van der Waals surface area contributed by atoms with Crippen LogP contribution in [0.1, 0.15) is 50.8 Å². The molecule has 1 aromatic rings. The zero-order valence-electron chi connectivity index (χ0n) is 11.3. The number of hydrogen-bond donors (Lipinski definition) is 1. The van der Waals surface area contributed by atoms with Gasteiger partial charge in [-0.05, 0) is 53.4 Å². The van der Waals surface area contributed by atoms with E-state index in [9.17, 15) is 0 Å². The quantitative estimate of drug-likeness (QED) is 0.895. The van der Waals surface area contributed by atoms with Crippen LogP contribution in [-0.2, 0) is 0 Å². The Balaban J connectivity index is 2.24. The second-order valence-electron chi connectivity index (χ2n) is 5.25. The van der Waals surface area contributed by atoms with Gasteiger partial charge in [-0.3, -0.25) is 4.98 Å². The van der Waals surface area contributed by atoms with Gasteiger partial charge >= 0.3 is 0 Å². The first kappa shape index (κ1) is 14.0. The van der Waals surface area contributed by atoms with Gasteiger partial charge in [0, 0.05) is 10.7 Å². The van der Waals surface area contributed by atoms with Gasteiger partial charge in [-0.2, -0.15) is 0 Å². The summed E-state index contributed by atoms with van der Waals surface area (Å²) in [7, 11) is 2.06. The maximum absolute atomic E-state index is 4.58. The second kappa shape index (κ2) is 6.67. The van der Waals surface area contributed by atoms with Gasteiger partial charge in [0.15, 0.2) is 0 Å². The highest BCUT2D eigenvalue weighted by molar-refractivity contribution is 9.10. The van der Waals surface area contributed by atoms with Crippen molar-refractivity contribution < 1.29 is 0 Å². The van der Waals surface area contributed by atoms with Gasteiger partial charge in [0.25, 0.3) is 0 Å². The third-order valence-corrected chi connectivity index (χ3v) is 4.98. The predicted molar refractivity (Wildman–Crippen MR) is 79.5 cm³/mol. The molecule has 0 saturated heterocycles. The Labute approximate surface area is 119 Å². The van der Waals surface area contributed by atoms with E-state index >= 15 is 0 Å². The zero-order chi connectivity index (χ0) is 13.0. The van der Waals surface area contributed by atoms with E-state index in [2.05, 4.69) is 46.3 Å². The summed E-state index contributed by atoms with van der Waals surface area (Å²) in [6.07, 6.45) is 8.65. The molecule has 3 atom stereocenters. The molecular formula is C15H23BrN2. The number of aromatic nitrogens is 1. The van der Waals surface area contributed by atoms with Crippen LogP contribution in [0.4, 0.5) is 0 Å². The summed E-state index contributed by atoms with van der Waals surface area (Å²) in [5.41, 5.74) is 1.17. The Hall–Kier alpha value is -0.410. The summed E-state index contributed by atoms with van der Waals surface area (Å²) >= 11 is 3.64. The smallest absolute Gasteiger partial charge is 0.0717 e. The minimum Gasteiger partial charge on any atom is -0.311 e. The van der Waals surface area contributed by atoms with Crippen LogP contribution in [0.5, 0.6) is 0 Å². The topological polar surface area (TPSA) is 24.9 Å². The van der Waals surface area contributed by atoms with Crippen LogP contribution in [0.2, 0.25) is 0 Å². The minimum absolute atomic E-state index is 0.380. The molecule has 3 heteroatoms. The molecule has 0 aromatic carbocycles. The molecule has 2 rings (SSSR count). The molecule has 1 aromatic heterocycles. The molecule has 0 bridgehead atoms. The third kappa shape index (κ3) is 2.94. The van der Waals surface area contributed by atoms with E-state index in [0.29, 0.717) is 6.04 Å². The van der Waals surface area contributed by atoms with Crippen LogP contribution < -0.4 is 5.32 Å². The molecule has 0 radical (unpaired) electrons. The first-order chi connectivity index (χ1) is 8.77. The van der Waals surface area contributed by atoms with Crippen molar-refractivity contribution in [3.63, 3.8) is 0 Å². The summed E-state index contributed by atoms with van der Waals surface area (Å²) in [6, 6.07) is 4.46. The monoisotopic (exact) mass is 310 g/mol. The van der Waals surface area contributed by atoms with Crippen molar-refractivity contribution in [3.05, 3.63) is 28.5 Å². The van der Waals surface area contributed by atoms with E-state index in [1.54, 1.807) is 0 Å². The Bertz CT molecular complexity index is 381. The number of nitrogens with zero attached hydrogens (tertiary/aromatic N) is 1. The fourth-order valence-corrected chi connectivity index (χ4v) is 3.86. The summed E-state index contributed by atoms with van der Waals surface area (Å²) in [5, 5.41) is 3.50. The maximum atomic E-state index is 4.58. The lowest BCUT2D eigenvalue weighted by Crippen LogP contribution is -2.33. The van der Waals surface area contributed by atoms with E-state index < -0.39 is 0 Å². The Morgan fingerprint density at radius 3 is 2.89 bits per heavy atom. The molecule has 1 heterocycles. The molecule has 1 aliphatic carbocycles. The van der Waals surface area contributed by atoms with Crippen molar-refractivity contribution in [1.29, 1.82) is 0 Å². The summed E-state index contributed by atoms with van der Waals surface area (Å²) < 4.78 is 1.13. The molecule has 1 fully saturated rings. The maximum Gasteiger partial charge on any atom is 0.0717 e. The highest BCUT2D eigenvalue weighted by Crippen LogP contribution is 2.40. The molecule has 0 amide bonds. The molecule has 18 heavy (non-hydrogen) atoms. The number of pyridine rings is 1. The van der Waals surface area contributed by atoms with E-state index in [0.717, 1.165) is 16.3 Å². The van der Waals surface area contributed by atoms with E-state index in [1.807, 2.05) is 12.3 Å². The van der Waals surface area contributed by atoms with E-state index in [4.69, 9.17) is 0 Å². The minimum atomic E-state index is 0.380. The van der Waals surface area contributed by atoms with Gasteiger partial charge in [0.1, 0.15) is 0 Å². The molecule has 3 unspecified atom stereocenters. The van der Waals surface area contributed by atoms with Crippen molar-refractivity contribution in [1.82, 2.24) is 10.3 Å². The van der Waals surface area contributed by atoms with Gasteiger partial charge < -0.3 is 5.32 Å². The average Bonchev–Trinajstić information content (AvgIpc) is 2.42. The van der Waals surface area contributed by atoms with Crippen molar-refractivity contribution in [2.24, 2.45) is 11.8 Å². The first-order valence-corrected chi connectivity index (χ1v) is 7.84. The van der Waals surface area contributed by atoms with Gasteiger partial charge in [-0.15, -0.1) is 0 Å². The lowest BCUT2D eigenvalue weighted by molar-refractivity contribution is 0.178. The Morgan fingerprint density at radius 1 is 1.44 bits per heavy atom. The lowest BCUT2D eigenvalue weighted by Gasteiger charge is -2.36. The SMILES string of the molecule is CCC1CCCCC1C(NC)c1ncccc1Br. The fourth-order valence-electron chi connectivity index (χ4n) is 3.36. The molecule has 1 aliphatic rings. The zero-order valence-corrected chi connectivity index (χ0v) is 12.9. The Kier molecular flexibility index (Phi) is 5.19. The van der Waals surface area contributed by atoms with Crippen LogP contribution >= 0.6 is 15.9 Å². The van der Waals surface area contributed by atoms with Crippen molar-refractivity contribution in [3.8, 4) is 0 Å². The van der Waals surface area contributed by atoms with Gasteiger partial charge in [-0.25, -0.2) is 0 Å². The largest absolute Gasteiger partial charge is 0.311 e. The molecule has 1 saturated carbocycles. The Morgan fingerprint density at radius 2 is 2.22 bits per heavy atom. The highest BCUT2D eigenvalue weighted by Gasteiger charge is 2.32. The third-order valence-electron chi connectivity index (χ3n) is 4.31. The number of nitrogens with one attached hydrogen (secondary N) is 1. The van der Waals surface area contributed by atoms with E-state index in [-0.39, 0.29) is 0 Å². The summed E-state index contributed by atoms with van der Waals surface area (Å²) in [5.74, 6) is 1.56. The normalized spacial score (nSPS) is 25.9. The molecular weight excluding hydrogens is 288 g/mol.